The Morgan fingerprint density at radius 1 is 0.597 bits per heavy atom. The van der Waals surface area contributed by atoms with Gasteiger partial charge in [-0.1, -0.05) is 102 Å². The summed E-state index contributed by atoms with van der Waals surface area (Å²) in [7, 11) is 0. The number of fused-ring (bicyclic) bond motifs is 14. The van der Waals surface area contributed by atoms with E-state index in [9.17, 15) is 5.26 Å². The Morgan fingerprint density at radius 2 is 1.45 bits per heavy atom. The van der Waals surface area contributed by atoms with Gasteiger partial charge in [0.2, 0.25) is 0 Å². The summed E-state index contributed by atoms with van der Waals surface area (Å²) in [6.45, 7) is 4.28. The van der Waals surface area contributed by atoms with Gasteiger partial charge in [-0.05, 0) is 120 Å². The molecule has 0 N–H and O–H groups in total. The molecule has 1 unspecified atom stereocenters. The molecule has 0 saturated carbocycles. The Balaban J connectivity index is 1.01. The van der Waals surface area contributed by atoms with Gasteiger partial charge in [0.1, 0.15) is 11.2 Å². The van der Waals surface area contributed by atoms with Crippen LogP contribution in [0.15, 0.2) is 174 Å². The molecule has 0 radical (unpaired) electrons. The number of pyridine rings is 1. The Kier molecular flexibility index (Phi) is 7.40. The van der Waals surface area contributed by atoms with Crippen molar-refractivity contribution in [2.24, 2.45) is 0 Å². The lowest BCUT2D eigenvalue weighted by Gasteiger charge is -2.17. The zero-order valence-electron chi connectivity index (χ0n) is 33.9. The molecule has 0 saturated heterocycles. The van der Waals surface area contributed by atoms with Crippen molar-refractivity contribution in [3.63, 3.8) is 0 Å². The van der Waals surface area contributed by atoms with Crippen molar-refractivity contribution >= 4 is 75.3 Å². The second-order valence-corrected chi connectivity index (χ2v) is 17.8. The minimum Gasteiger partial charge on any atom is -0.455 e. The van der Waals surface area contributed by atoms with Crippen molar-refractivity contribution < 1.29 is 4.42 Å². The Morgan fingerprint density at radius 3 is 2.35 bits per heavy atom. The van der Waals surface area contributed by atoms with Gasteiger partial charge in [-0.3, -0.25) is 4.98 Å². The van der Waals surface area contributed by atoms with Crippen LogP contribution in [-0.2, 0) is 0 Å². The van der Waals surface area contributed by atoms with E-state index in [-0.39, 0.29) is 5.92 Å². The number of benzene rings is 8. The molecule has 13 rings (SSSR count). The molecule has 8 aromatic carbocycles. The topological polar surface area (TPSA) is 54.8 Å². The maximum atomic E-state index is 10.6. The lowest BCUT2D eigenvalue weighted by molar-refractivity contribution is 0.669. The number of rotatable bonds is 4. The number of aryl methyl sites for hydroxylation is 2. The van der Waals surface area contributed by atoms with Crippen molar-refractivity contribution in [1.82, 2.24) is 9.55 Å². The van der Waals surface area contributed by atoms with Crippen LogP contribution < -0.4 is 0 Å². The second kappa shape index (κ2) is 13.1. The highest BCUT2D eigenvalue weighted by Crippen LogP contribution is 2.53. The van der Waals surface area contributed by atoms with Gasteiger partial charge in [-0.25, -0.2) is 0 Å². The number of aromatic nitrogens is 2. The van der Waals surface area contributed by atoms with Gasteiger partial charge < -0.3 is 8.98 Å². The third-order valence-electron chi connectivity index (χ3n) is 13.0. The lowest BCUT2D eigenvalue weighted by atomic mass is 9.86. The molecule has 290 valence electrons. The zero-order chi connectivity index (χ0) is 41.2. The molecule has 0 spiro atoms. The van der Waals surface area contributed by atoms with Crippen LogP contribution in [0.1, 0.15) is 39.3 Å². The van der Waals surface area contributed by atoms with Gasteiger partial charge in [-0.2, -0.15) is 5.26 Å². The first-order valence-corrected chi connectivity index (χ1v) is 21.8. The molecular formula is C57H35N3OS. The summed E-state index contributed by atoms with van der Waals surface area (Å²) < 4.78 is 11.7. The molecule has 62 heavy (non-hydrogen) atoms. The maximum absolute atomic E-state index is 10.6. The highest BCUT2D eigenvalue weighted by molar-refractivity contribution is 7.26. The molecule has 4 aromatic heterocycles. The van der Waals surface area contributed by atoms with Gasteiger partial charge >= 0.3 is 0 Å². The lowest BCUT2D eigenvalue weighted by Crippen LogP contribution is -2.01. The highest BCUT2D eigenvalue weighted by Gasteiger charge is 2.34. The molecule has 4 heterocycles. The summed E-state index contributed by atoms with van der Waals surface area (Å²) in [5.41, 5.74) is 18.1. The normalized spacial score (nSPS) is 13.5. The van der Waals surface area contributed by atoms with Crippen LogP contribution in [0.25, 0.3) is 103 Å². The fraction of sp³-hybridized carbons (Fsp3) is 0.0526. The van der Waals surface area contributed by atoms with E-state index in [4.69, 9.17) is 9.40 Å². The van der Waals surface area contributed by atoms with Crippen molar-refractivity contribution in [1.29, 1.82) is 5.26 Å². The Bertz CT molecular complexity index is 3920. The predicted molar refractivity (Wildman–Crippen MR) is 257 cm³/mol. The van der Waals surface area contributed by atoms with Crippen LogP contribution >= 0.6 is 11.3 Å². The van der Waals surface area contributed by atoms with Crippen LogP contribution in [0.4, 0.5) is 0 Å². The van der Waals surface area contributed by atoms with Crippen LogP contribution in [0.5, 0.6) is 0 Å². The van der Waals surface area contributed by atoms with E-state index in [2.05, 4.69) is 170 Å². The number of nitrogens with zero attached hydrogens (tertiary/aromatic N) is 3. The summed E-state index contributed by atoms with van der Waals surface area (Å²) in [5.74, 6) is -0.0691. The van der Waals surface area contributed by atoms with Gasteiger partial charge in [0.15, 0.2) is 0 Å². The first-order valence-electron chi connectivity index (χ1n) is 21.0. The van der Waals surface area contributed by atoms with Crippen molar-refractivity contribution in [2.75, 3.05) is 0 Å². The summed E-state index contributed by atoms with van der Waals surface area (Å²) in [4.78, 5) is 4.73. The van der Waals surface area contributed by atoms with Crippen molar-refractivity contribution in [3.8, 4) is 45.3 Å². The summed E-state index contributed by atoms with van der Waals surface area (Å²) in [6, 6.07) is 61.5. The van der Waals surface area contributed by atoms with Crippen LogP contribution in [0.3, 0.4) is 0 Å². The average Bonchev–Trinajstić information content (AvgIpc) is 4.06. The molecule has 0 aliphatic heterocycles. The molecule has 4 nitrogen and oxygen atoms in total. The van der Waals surface area contributed by atoms with E-state index in [1.165, 1.54) is 58.8 Å². The summed E-state index contributed by atoms with van der Waals surface area (Å²) in [5, 5.41) is 17.9. The standard InChI is InChI=1S/C57H35N3OS/c1-32-13-16-40-46(25-32)54-44(19-18-41-45-24-33(2)14-21-50(45)61-57(41)54)53(40)38-27-34(31-58)26-37(28-38)35-8-7-9-39(29-35)60-48-20-22-52-56(43-10-3-4-12-51(43)62-52)55(48)42-17-15-36(30-49(42)60)47-11-5-6-23-59-47/h3-30,53H,1-2H3. The minimum atomic E-state index is -0.0691. The fourth-order valence-electron chi connectivity index (χ4n) is 10.3. The van der Waals surface area contributed by atoms with E-state index in [0.29, 0.717) is 5.56 Å². The van der Waals surface area contributed by atoms with E-state index in [1.807, 2.05) is 35.7 Å². The SMILES string of the molecule is Cc1ccc2c(c1)-c1c(ccc3c1oc1ccc(C)cc13)C2c1cc(C#N)cc(-c2cccc(-n3c4cc(-c5ccccn5)ccc4c4c5c(ccc43)sc3ccccc35)c2)c1. The smallest absolute Gasteiger partial charge is 0.143 e. The molecule has 12 aromatic rings. The monoisotopic (exact) mass is 809 g/mol. The quantitative estimate of drug-likeness (QED) is 0.178. The molecule has 0 bridgehead atoms. The van der Waals surface area contributed by atoms with Gasteiger partial charge in [0, 0.05) is 70.6 Å². The average molecular weight is 810 g/mol. The van der Waals surface area contributed by atoms with Gasteiger partial charge in [0.05, 0.1) is 28.4 Å². The fourth-order valence-corrected chi connectivity index (χ4v) is 11.4. The molecule has 0 fully saturated rings. The van der Waals surface area contributed by atoms with E-state index in [1.54, 1.807) is 0 Å². The molecule has 1 atom stereocenters. The molecule has 0 amide bonds. The number of thiophene rings is 1. The minimum absolute atomic E-state index is 0.0691. The Labute approximate surface area is 361 Å². The number of hydrogen-bond acceptors (Lipinski definition) is 4. The van der Waals surface area contributed by atoms with E-state index < -0.39 is 0 Å². The molecule has 5 heteroatoms. The van der Waals surface area contributed by atoms with Gasteiger partial charge in [-0.15, -0.1) is 11.3 Å². The second-order valence-electron chi connectivity index (χ2n) is 16.8. The molecular weight excluding hydrogens is 775 g/mol. The van der Waals surface area contributed by atoms with E-state index in [0.717, 1.165) is 72.2 Å². The van der Waals surface area contributed by atoms with Crippen molar-refractivity contribution in [3.05, 3.63) is 203 Å². The van der Waals surface area contributed by atoms with Gasteiger partial charge in [0.25, 0.3) is 0 Å². The largest absolute Gasteiger partial charge is 0.455 e. The molecule has 1 aliphatic carbocycles. The first kappa shape index (κ1) is 35.0. The van der Waals surface area contributed by atoms with Crippen LogP contribution in [0, 0.1) is 25.2 Å². The Hall–Kier alpha value is -7.78. The van der Waals surface area contributed by atoms with Crippen LogP contribution in [-0.4, -0.2) is 9.55 Å². The summed E-state index contributed by atoms with van der Waals surface area (Å²) >= 11 is 1.85. The third-order valence-corrected chi connectivity index (χ3v) is 14.1. The predicted octanol–water partition coefficient (Wildman–Crippen LogP) is 15.4. The molecule has 1 aliphatic rings. The number of hydrogen-bond donors (Lipinski definition) is 0. The van der Waals surface area contributed by atoms with Crippen LogP contribution in [0.2, 0.25) is 0 Å². The zero-order valence-corrected chi connectivity index (χ0v) is 34.7. The maximum Gasteiger partial charge on any atom is 0.143 e. The third kappa shape index (κ3) is 5.08. The number of furan rings is 1. The number of nitriles is 1. The summed E-state index contributed by atoms with van der Waals surface area (Å²) in [6.07, 6.45) is 1.85. The van der Waals surface area contributed by atoms with Crippen molar-refractivity contribution in [2.45, 2.75) is 19.8 Å². The first-order chi connectivity index (χ1) is 30.5. The highest BCUT2D eigenvalue weighted by atomic mass is 32.1. The van der Waals surface area contributed by atoms with E-state index >= 15 is 0 Å².